The van der Waals surface area contributed by atoms with Crippen LogP contribution in [0.3, 0.4) is 0 Å². The van der Waals surface area contributed by atoms with E-state index < -0.39 is 35.0 Å². The molecule has 1 saturated heterocycles. The molecule has 3 fully saturated rings. The average Bonchev–Trinajstić information content (AvgIpc) is 3.41. The number of hydrogen-bond acceptors (Lipinski definition) is 6. The third-order valence-electron chi connectivity index (χ3n) is 6.76. The van der Waals surface area contributed by atoms with Crippen LogP contribution in [0.4, 0.5) is 10.1 Å². The van der Waals surface area contributed by atoms with Crippen LogP contribution in [0.15, 0.2) is 17.1 Å². The molecular weight excluding hydrogens is 395 g/mol. The number of anilines is 1. The van der Waals surface area contributed by atoms with Crippen LogP contribution < -0.4 is 15.1 Å². The van der Waals surface area contributed by atoms with Gasteiger partial charge in [0, 0.05) is 31.2 Å². The molecule has 2 aromatic rings. The Kier molecular flexibility index (Phi) is 4.30. The lowest BCUT2D eigenvalue weighted by atomic mass is 9.99. The number of aliphatic hydroxyl groups is 2. The van der Waals surface area contributed by atoms with Crippen molar-refractivity contribution in [2.24, 2.45) is 11.8 Å². The number of nitrogens with zero attached hydrogens (tertiary/aromatic N) is 2. The molecule has 3 aliphatic rings. The summed E-state index contributed by atoms with van der Waals surface area (Å²) in [6, 6.07) is 1.13. The lowest BCUT2D eigenvalue weighted by molar-refractivity contribution is 0.0229. The molecule has 2 saturated carbocycles. The van der Waals surface area contributed by atoms with Crippen LogP contribution in [0.25, 0.3) is 10.9 Å². The first-order valence-electron chi connectivity index (χ1n) is 10.1. The number of carboxylic acid groups (broad SMARTS) is 1. The lowest BCUT2D eigenvalue weighted by Gasteiger charge is -2.26. The van der Waals surface area contributed by atoms with Gasteiger partial charge in [-0.2, -0.15) is 0 Å². The van der Waals surface area contributed by atoms with E-state index >= 15 is 4.39 Å². The Labute approximate surface area is 171 Å². The van der Waals surface area contributed by atoms with Crippen LogP contribution in [0, 0.1) is 17.7 Å². The minimum atomic E-state index is -1.35. The second kappa shape index (κ2) is 6.68. The number of carboxylic acids is 1. The third kappa shape index (κ3) is 2.72. The summed E-state index contributed by atoms with van der Waals surface area (Å²) in [5.74, 6) is -1.95. The Balaban J connectivity index is 1.70. The minimum absolute atomic E-state index is 0.0188. The Bertz CT molecular complexity index is 1110. The first-order chi connectivity index (χ1) is 14.3. The predicted octanol–water partition coefficient (Wildman–Crippen LogP) is 1.36. The van der Waals surface area contributed by atoms with Gasteiger partial charge >= 0.3 is 5.97 Å². The van der Waals surface area contributed by atoms with E-state index in [-0.39, 0.29) is 34.7 Å². The van der Waals surface area contributed by atoms with Crippen LogP contribution in [-0.4, -0.2) is 58.3 Å². The molecule has 4 atom stereocenters. The summed E-state index contributed by atoms with van der Waals surface area (Å²) >= 11 is 0. The van der Waals surface area contributed by atoms with E-state index in [0.29, 0.717) is 25.0 Å². The van der Waals surface area contributed by atoms with Crippen molar-refractivity contribution in [3.8, 4) is 5.75 Å². The Morgan fingerprint density at radius 1 is 1.27 bits per heavy atom. The van der Waals surface area contributed by atoms with Crippen molar-refractivity contribution in [1.29, 1.82) is 0 Å². The topological polar surface area (TPSA) is 112 Å². The van der Waals surface area contributed by atoms with E-state index in [9.17, 15) is 24.9 Å². The first kappa shape index (κ1) is 19.3. The number of halogens is 1. The number of hydrogen-bond donors (Lipinski definition) is 3. The molecule has 160 valence electrons. The van der Waals surface area contributed by atoms with Crippen molar-refractivity contribution in [3.05, 3.63) is 33.9 Å². The Hall–Kier alpha value is -2.65. The van der Waals surface area contributed by atoms with Crippen LogP contribution in [-0.2, 0) is 0 Å². The lowest BCUT2D eigenvalue weighted by Crippen LogP contribution is -2.31. The number of carbonyl (C=O) groups is 1. The van der Waals surface area contributed by atoms with Crippen LogP contribution in [0.5, 0.6) is 5.75 Å². The number of aliphatic hydroxyl groups excluding tert-OH is 2. The molecule has 0 amide bonds. The maximum atomic E-state index is 15.3. The summed E-state index contributed by atoms with van der Waals surface area (Å²) in [5.41, 5.74) is -0.534. The zero-order valence-electron chi connectivity index (χ0n) is 16.4. The smallest absolute Gasteiger partial charge is 0.341 e. The normalized spacial score (nSPS) is 28.2. The number of aromatic carboxylic acids is 1. The maximum absolute atomic E-state index is 15.3. The third-order valence-corrected chi connectivity index (χ3v) is 6.76. The van der Waals surface area contributed by atoms with Gasteiger partial charge in [0.05, 0.1) is 30.2 Å². The second-order valence-corrected chi connectivity index (χ2v) is 8.57. The van der Waals surface area contributed by atoms with E-state index in [0.717, 1.165) is 18.9 Å². The van der Waals surface area contributed by atoms with Crippen molar-refractivity contribution in [2.45, 2.75) is 37.5 Å². The summed E-state index contributed by atoms with van der Waals surface area (Å²) in [6.45, 7) is 0.820. The highest BCUT2D eigenvalue weighted by molar-refractivity contribution is 5.97. The summed E-state index contributed by atoms with van der Waals surface area (Å²) in [5, 5.41) is 29.6. The molecule has 2 heterocycles. The molecular formula is C21H23FN2O6. The van der Waals surface area contributed by atoms with Crippen molar-refractivity contribution in [2.75, 3.05) is 25.1 Å². The van der Waals surface area contributed by atoms with Gasteiger partial charge < -0.3 is 29.5 Å². The number of pyridine rings is 1. The monoisotopic (exact) mass is 418 g/mol. The van der Waals surface area contributed by atoms with Crippen LogP contribution >= 0.6 is 0 Å². The minimum Gasteiger partial charge on any atom is -0.492 e. The number of benzene rings is 1. The van der Waals surface area contributed by atoms with Gasteiger partial charge in [-0.25, -0.2) is 9.18 Å². The molecule has 9 heteroatoms. The van der Waals surface area contributed by atoms with Gasteiger partial charge in [0.1, 0.15) is 11.3 Å². The second-order valence-electron chi connectivity index (χ2n) is 8.57. The highest BCUT2D eigenvalue weighted by atomic mass is 19.1. The van der Waals surface area contributed by atoms with Crippen molar-refractivity contribution >= 4 is 22.6 Å². The van der Waals surface area contributed by atoms with E-state index in [2.05, 4.69) is 0 Å². The highest BCUT2D eigenvalue weighted by Gasteiger charge is 2.48. The van der Waals surface area contributed by atoms with E-state index in [1.54, 1.807) is 9.47 Å². The van der Waals surface area contributed by atoms with Gasteiger partial charge in [0.15, 0.2) is 11.6 Å². The van der Waals surface area contributed by atoms with Gasteiger partial charge in [-0.05, 0) is 31.2 Å². The van der Waals surface area contributed by atoms with E-state index in [1.807, 2.05) is 0 Å². The van der Waals surface area contributed by atoms with Crippen LogP contribution in [0.2, 0.25) is 0 Å². The number of aromatic nitrogens is 1. The molecule has 0 bridgehead atoms. The van der Waals surface area contributed by atoms with Crippen molar-refractivity contribution < 1.29 is 29.2 Å². The average molecular weight is 418 g/mol. The number of methoxy groups -OCH3 is 1. The Morgan fingerprint density at radius 2 is 2.00 bits per heavy atom. The summed E-state index contributed by atoms with van der Waals surface area (Å²) in [6.07, 6.45) is 1.84. The molecule has 8 nitrogen and oxygen atoms in total. The largest absolute Gasteiger partial charge is 0.492 e. The Morgan fingerprint density at radius 3 is 2.60 bits per heavy atom. The fourth-order valence-corrected chi connectivity index (χ4v) is 5.17. The molecule has 30 heavy (non-hydrogen) atoms. The van der Waals surface area contributed by atoms with Gasteiger partial charge in [0.2, 0.25) is 5.43 Å². The summed E-state index contributed by atoms with van der Waals surface area (Å²) in [7, 11) is 1.40. The molecule has 3 N–H and O–H groups in total. The van der Waals surface area contributed by atoms with Gasteiger partial charge in [0.25, 0.3) is 0 Å². The molecule has 1 aromatic heterocycles. The number of fused-ring (bicyclic) bond motifs is 2. The highest BCUT2D eigenvalue weighted by Crippen LogP contribution is 2.47. The molecule has 1 aliphatic heterocycles. The van der Waals surface area contributed by atoms with Crippen molar-refractivity contribution in [3.63, 3.8) is 0 Å². The van der Waals surface area contributed by atoms with E-state index in [1.165, 1.54) is 13.3 Å². The van der Waals surface area contributed by atoms with Crippen LogP contribution in [0.1, 0.15) is 35.7 Å². The first-order valence-corrected chi connectivity index (χ1v) is 10.1. The maximum Gasteiger partial charge on any atom is 0.341 e. The quantitative estimate of drug-likeness (QED) is 0.687. The molecule has 2 aliphatic carbocycles. The summed E-state index contributed by atoms with van der Waals surface area (Å²) in [4.78, 5) is 26.1. The fraction of sp³-hybridized carbons (Fsp3) is 0.524. The number of ether oxygens (including phenoxy) is 1. The summed E-state index contributed by atoms with van der Waals surface area (Å²) < 4.78 is 22.6. The molecule has 0 spiro atoms. The molecule has 4 unspecified atom stereocenters. The van der Waals surface area contributed by atoms with E-state index in [4.69, 9.17) is 4.74 Å². The van der Waals surface area contributed by atoms with Crippen molar-refractivity contribution in [1.82, 2.24) is 4.57 Å². The molecule has 1 aromatic carbocycles. The number of rotatable bonds is 4. The van der Waals surface area contributed by atoms with Gasteiger partial charge in [-0.3, -0.25) is 4.79 Å². The standard InChI is InChI=1S/C21H23FN2O6/c1-30-20-16-11(18(26)13(21(28)29)8-24(16)10-2-3-10)5-14(22)17(20)23-6-9-4-15(25)19(27)12(9)7-23/h5,8-10,12,15,19,25,27H,2-4,6-7H2,1H3,(H,28,29). The van der Waals surface area contributed by atoms with Gasteiger partial charge in [-0.15, -0.1) is 0 Å². The molecule has 5 rings (SSSR count). The SMILES string of the molecule is COc1c(N2CC3CC(O)C(O)C3C2)c(F)cc2c(=O)c(C(=O)O)cn(C3CC3)c12. The fourth-order valence-electron chi connectivity index (χ4n) is 5.17. The predicted molar refractivity (Wildman–Crippen MR) is 106 cm³/mol. The van der Waals surface area contributed by atoms with Gasteiger partial charge in [-0.1, -0.05) is 0 Å². The zero-order chi connectivity index (χ0) is 21.3. The zero-order valence-corrected chi connectivity index (χ0v) is 16.4. The molecule has 0 radical (unpaired) electrons.